The molecule has 112 valence electrons. The SMILES string of the molecule is Cc1ccc(NS(=O)(=O)c2cnc(NN)c(Cl)c2)c(F)c1. The minimum Gasteiger partial charge on any atom is -0.307 e. The predicted molar refractivity (Wildman–Crippen MR) is 79.0 cm³/mol. The summed E-state index contributed by atoms with van der Waals surface area (Å²) in [6, 6.07) is 5.32. The maximum atomic E-state index is 13.7. The topological polar surface area (TPSA) is 97.1 Å². The maximum absolute atomic E-state index is 13.7. The second-order valence-electron chi connectivity index (χ2n) is 4.23. The van der Waals surface area contributed by atoms with Crippen molar-refractivity contribution in [2.45, 2.75) is 11.8 Å². The predicted octanol–water partition coefficient (Wildman–Crippen LogP) is 2.27. The number of nitrogen functional groups attached to an aromatic ring is 1. The van der Waals surface area contributed by atoms with Crippen LogP contribution in [-0.2, 0) is 10.0 Å². The van der Waals surface area contributed by atoms with Crippen molar-refractivity contribution in [3.8, 4) is 0 Å². The number of halogens is 2. The minimum absolute atomic E-state index is 0.0322. The first kappa shape index (κ1) is 15.5. The number of pyridine rings is 1. The first-order valence-corrected chi connectivity index (χ1v) is 7.61. The van der Waals surface area contributed by atoms with Crippen molar-refractivity contribution in [1.82, 2.24) is 4.98 Å². The zero-order valence-electron chi connectivity index (χ0n) is 10.9. The Morgan fingerprint density at radius 2 is 2.05 bits per heavy atom. The number of nitrogens with zero attached hydrogens (tertiary/aromatic N) is 1. The molecule has 0 aliphatic carbocycles. The molecule has 0 atom stereocenters. The van der Waals surface area contributed by atoms with Gasteiger partial charge in [-0.1, -0.05) is 17.7 Å². The average molecular weight is 331 g/mol. The molecule has 1 aromatic heterocycles. The van der Waals surface area contributed by atoms with Gasteiger partial charge in [0.15, 0.2) is 5.82 Å². The summed E-state index contributed by atoms with van der Waals surface area (Å²) in [5.74, 6) is 4.62. The van der Waals surface area contributed by atoms with Gasteiger partial charge in [-0.25, -0.2) is 23.6 Å². The number of sulfonamides is 1. The third-order valence-electron chi connectivity index (χ3n) is 2.63. The molecular weight excluding hydrogens is 319 g/mol. The van der Waals surface area contributed by atoms with Crippen LogP contribution in [0.3, 0.4) is 0 Å². The van der Waals surface area contributed by atoms with E-state index < -0.39 is 15.8 Å². The first-order chi connectivity index (χ1) is 9.83. The highest BCUT2D eigenvalue weighted by molar-refractivity contribution is 7.92. The van der Waals surface area contributed by atoms with Gasteiger partial charge in [0.25, 0.3) is 10.0 Å². The standard InChI is InChI=1S/C12H12ClFN4O2S/c1-7-2-3-11(10(14)4-7)18-21(19,20)8-5-9(13)12(17-15)16-6-8/h2-6,18H,15H2,1H3,(H,16,17). The Morgan fingerprint density at radius 3 is 2.62 bits per heavy atom. The van der Waals surface area contributed by atoms with E-state index in [1.54, 1.807) is 13.0 Å². The Kier molecular flexibility index (Phi) is 4.31. The lowest BCUT2D eigenvalue weighted by Gasteiger charge is -2.10. The molecule has 0 radical (unpaired) electrons. The van der Waals surface area contributed by atoms with Crippen LogP contribution in [0.1, 0.15) is 5.56 Å². The van der Waals surface area contributed by atoms with Gasteiger partial charge in [-0.05, 0) is 30.7 Å². The maximum Gasteiger partial charge on any atom is 0.263 e. The van der Waals surface area contributed by atoms with Crippen LogP contribution in [0.5, 0.6) is 0 Å². The van der Waals surface area contributed by atoms with Crippen molar-refractivity contribution in [1.29, 1.82) is 0 Å². The number of aryl methyl sites for hydroxylation is 1. The fourth-order valence-corrected chi connectivity index (χ4v) is 2.90. The zero-order chi connectivity index (χ0) is 15.6. The molecule has 0 aliphatic rings. The molecule has 0 unspecified atom stereocenters. The molecule has 21 heavy (non-hydrogen) atoms. The average Bonchev–Trinajstić information content (AvgIpc) is 2.42. The van der Waals surface area contributed by atoms with Gasteiger partial charge in [0.1, 0.15) is 10.7 Å². The van der Waals surface area contributed by atoms with Crippen LogP contribution in [0.2, 0.25) is 5.02 Å². The van der Waals surface area contributed by atoms with Crippen LogP contribution in [0.4, 0.5) is 15.9 Å². The Morgan fingerprint density at radius 1 is 1.33 bits per heavy atom. The molecule has 2 aromatic rings. The zero-order valence-corrected chi connectivity index (χ0v) is 12.5. The molecule has 9 heteroatoms. The van der Waals surface area contributed by atoms with Crippen molar-refractivity contribution in [3.05, 3.63) is 46.9 Å². The molecule has 0 saturated heterocycles. The van der Waals surface area contributed by atoms with Crippen molar-refractivity contribution in [3.63, 3.8) is 0 Å². The van der Waals surface area contributed by atoms with Crippen LogP contribution in [-0.4, -0.2) is 13.4 Å². The summed E-state index contributed by atoms with van der Waals surface area (Å²) < 4.78 is 40.2. The van der Waals surface area contributed by atoms with E-state index in [0.717, 1.165) is 12.3 Å². The van der Waals surface area contributed by atoms with Gasteiger partial charge >= 0.3 is 0 Å². The molecule has 0 amide bonds. The van der Waals surface area contributed by atoms with E-state index in [2.05, 4.69) is 15.1 Å². The molecule has 6 nitrogen and oxygen atoms in total. The van der Waals surface area contributed by atoms with E-state index in [1.165, 1.54) is 12.1 Å². The number of anilines is 2. The quantitative estimate of drug-likeness (QED) is 0.590. The summed E-state index contributed by atoms with van der Waals surface area (Å²) in [5, 5.41) is 0.0322. The van der Waals surface area contributed by atoms with Crippen molar-refractivity contribution in [2.24, 2.45) is 5.84 Å². The van der Waals surface area contributed by atoms with Crippen molar-refractivity contribution >= 4 is 33.1 Å². The molecule has 0 bridgehead atoms. The van der Waals surface area contributed by atoms with Crippen molar-refractivity contribution < 1.29 is 12.8 Å². The minimum atomic E-state index is -4.00. The summed E-state index contributed by atoms with van der Waals surface area (Å²) in [6.45, 7) is 1.70. The number of hydrogen-bond donors (Lipinski definition) is 3. The fourth-order valence-electron chi connectivity index (χ4n) is 1.58. The number of benzene rings is 1. The fraction of sp³-hybridized carbons (Fsp3) is 0.0833. The number of hydrogen-bond acceptors (Lipinski definition) is 5. The second kappa shape index (κ2) is 5.84. The van der Waals surface area contributed by atoms with Gasteiger partial charge in [-0.3, -0.25) is 4.72 Å². The van der Waals surface area contributed by atoms with Gasteiger partial charge in [0.2, 0.25) is 0 Å². The normalized spacial score (nSPS) is 11.2. The molecule has 0 aliphatic heterocycles. The molecule has 1 heterocycles. The Hall–Kier alpha value is -1.90. The number of nitrogens with two attached hydrogens (primary N) is 1. The number of nitrogens with one attached hydrogen (secondary N) is 2. The number of hydrazine groups is 1. The van der Waals surface area contributed by atoms with E-state index in [-0.39, 0.29) is 21.4 Å². The molecule has 1 aromatic carbocycles. The van der Waals surface area contributed by atoms with Crippen LogP contribution in [0.15, 0.2) is 35.4 Å². The number of rotatable bonds is 4. The highest BCUT2D eigenvalue weighted by atomic mass is 35.5. The Labute approximate surface area is 126 Å². The Bertz CT molecular complexity index is 783. The van der Waals surface area contributed by atoms with Crippen LogP contribution in [0.25, 0.3) is 0 Å². The van der Waals surface area contributed by atoms with E-state index in [9.17, 15) is 12.8 Å². The third-order valence-corrected chi connectivity index (χ3v) is 4.25. The third kappa shape index (κ3) is 3.41. The molecule has 0 fully saturated rings. The highest BCUT2D eigenvalue weighted by Crippen LogP contribution is 2.24. The first-order valence-electron chi connectivity index (χ1n) is 5.74. The smallest absolute Gasteiger partial charge is 0.263 e. The molecular formula is C12H12ClFN4O2S. The summed E-state index contributed by atoms with van der Waals surface area (Å²) >= 11 is 5.82. The second-order valence-corrected chi connectivity index (χ2v) is 6.32. The monoisotopic (exact) mass is 330 g/mol. The van der Waals surface area contributed by atoms with Gasteiger partial charge < -0.3 is 5.43 Å². The molecule has 0 spiro atoms. The highest BCUT2D eigenvalue weighted by Gasteiger charge is 2.18. The van der Waals surface area contributed by atoms with Crippen LogP contribution >= 0.6 is 11.6 Å². The molecule has 4 N–H and O–H groups in total. The van der Waals surface area contributed by atoms with Gasteiger partial charge in [0.05, 0.1) is 10.7 Å². The van der Waals surface area contributed by atoms with E-state index in [1.807, 2.05) is 0 Å². The molecule has 0 saturated carbocycles. The molecule has 2 rings (SSSR count). The summed E-state index contributed by atoms with van der Waals surface area (Å²) in [7, 11) is -4.00. The summed E-state index contributed by atoms with van der Waals surface area (Å²) in [5.41, 5.74) is 2.74. The van der Waals surface area contributed by atoms with E-state index in [0.29, 0.717) is 5.56 Å². The largest absolute Gasteiger partial charge is 0.307 e. The van der Waals surface area contributed by atoms with Gasteiger partial charge in [-0.2, -0.15) is 0 Å². The lowest BCUT2D eigenvalue weighted by molar-refractivity contribution is 0.598. The lowest BCUT2D eigenvalue weighted by Crippen LogP contribution is -2.15. The lowest BCUT2D eigenvalue weighted by atomic mass is 10.2. The van der Waals surface area contributed by atoms with Crippen LogP contribution in [0, 0.1) is 12.7 Å². The Balaban J connectivity index is 2.36. The van der Waals surface area contributed by atoms with E-state index in [4.69, 9.17) is 17.4 Å². The number of aromatic nitrogens is 1. The summed E-state index contributed by atoms with van der Waals surface area (Å²) in [6.07, 6.45) is 1.06. The van der Waals surface area contributed by atoms with Crippen molar-refractivity contribution in [2.75, 3.05) is 10.1 Å². The summed E-state index contributed by atoms with van der Waals surface area (Å²) in [4.78, 5) is 3.56. The van der Waals surface area contributed by atoms with Gasteiger partial charge in [-0.15, -0.1) is 0 Å². The van der Waals surface area contributed by atoms with Crippen LogP contribution < -0.4 is 16.0 Å². The van der Waals surface area contributed by atoms with E-state index >= 15 is 0 Å². The van der Waals surface area contributed by atoms with Gasteiger partial charge in [0, 0.05) is 6.20 Å².